The zero-order chi connectivity index (χ0) is 19.8. The van der Waals surface area contributed by atoms with Gasteiger partial charge < -0.3 is 0 Å². The van der Waals surface area contributed by atoms with Crippen LogP contribution < -0.4 is 4.72 Å². The Morgan fingerprint density at radius 2 is 1.64 bits per heavy atom. The smallest absolute Gasteiger partial charge is 0.263 e. The minimum atomic E-state index is -3.62. The third-order valence-corrected chi connectivity index (χ3v) is 8.37. The molecule has 148 valence electrons. The molecule has 28 heavy (non-hydrogen) atoms. The number of piperidine rings is 1. The second-order valence-corrected chi connectivity index (χ2v) is 10.4. The highest BCUT2D eigenvalue weighted by Crippen LogP contribution is 2.26. The molecule has 2 aliphatic rings. The molecule has 2 aromatic rings. The third-order valence-electron chi connectivity index (χ3n) is 4.98. The van der Waals surface area contributed by atoms with Gasteiger partial charge in [0.05, 0.1) is 16.3 Å². The van der Waals surface area contributed by atoms with Crippen LogP contribution in [0.15, 0.2) is 63.3 Å². The van der Waals surface area contributed by atoms with E-state index in [0.717, 1.165) is 19.3 Å². The van der Waals surface area contributed by atoms with E-state index in [-0.39, 0.29) is 22.2 Å². The minimum Gasteiger partial charge on any atom is -0.263 e. The van der Waals surface area contributed by atoms with E-state index in [4.69, 9.17) is 0 Å². The molecule has 0 aromatic heterocycles. The van der Waals surface area contributed by atoms with Gasteiger partial charge in [-0.15, -0.1) is 0 Å². The summed E-state index contributed by atoms with van der Waals surface area (Å²) in [6.07, 6.45) is 2.77. The first-order valence-corrected chi connectivity index (χ1v) is 12.1. The fourth-order valence-corrected chi connectivity index (χ4v) is 6.53. The largest absolute Gasteiger partial charge is 0.263 e. The van der Waals surface area contributed by atoms with Gasteiger partial charge in [0, 0.05) is 18.7 Å². The average molecular weight is 420 g/mol. The van der Waals surface area contributed by atoms with Gasteiger partial charge in [-0.1, -0.05) is 36.8 Å². The standard InChI is InChI=1S/C19H21N3O4S2/c23-27(24)18-11-5-3-9-16(18)19(21-27)20-14-15-8-2-4-10-17(15)28(25,26)22-12-6-1-7-13-22/h2-5,8-11H,1,6-7,12-14H2,(H,20,21). The van der Waals surface area contributed by atoms with Crippen LogP contribution in [0.2, 0.25) is 0 Å². The van der Waals surface area contributed by atoms with Gasteiger partial charge in [0.15, 0.2) is 0 Å². The number of hydrogen-bond acceptors (Lipinski definition) is 5. The first kappa shape index (κ1) is 19.1. The number of sulfonamides is 2. The van der Waals surface area contributed by atoms with Gasteiger partial charge in [0.1, 0.15) is 5.84 Å². The van der Waals surface area contributed by atoms with E-state index in [0.29, 0.717) is 24.2 Å². The van der Waals surface area contributed by atoms with E-state index in [1.807, 2.05) is 0 Å². The molecule has 2 aliphatic heterocycles. The monoisotopic (exact) mass is 419 g/mol. The Balaban J connectivity index is 1.67. The number of aliphatic imine (C=N–C) groups is 1. The van der Waals surface area contributed by atoms with Crippen molar-refractivity contribution in [3.05, 3.63) is 59.7 Å². The van der Waals surface area contributed by atoms with E-state index in [2.05, 4.69) is 9.71 Å². The second-order valence-electron chi connectivity index (χ2n) is 6.84. The Bertz CT molecular complexity index is 1140. The van der Waals surface area contributed by atoms with E-state index in [1.165, 1.54) is 10.4 Å². The minimum absolute atomic E-state index is 0.0649. The van der Waals surface area contributed by atoms with Crippen molar-refractivity contribution in [2.45, 2.75) is 35.6 Å². The number of nitrogens with zero attached hydrogens (tertiary/aromatic N) is 2. The van der Waals surface area contributed by atoms with E-state index >= 15 is 0 Å². The van der Waals surface area contributed by atoms with Gasteiger partial charge in [0.2, 0.25) is 10.0 Å². The van der Waals surface area contributed by atoms with Crippen molar-refractivity contribution >= 4 is 25.9 Å². The van der Waals surface area contributed by atoms with Gasteiger partial charge in [0.25, 0.3) is 10.0 Å². The molecule has 2 aromatic carbocycles. The third kappa shape index (κ3) is 3.45. The summed E-state index contributed by atoms with van der Waals surface area (Å²) < 4.78 is 54.5. The molecule has 7 nitrogen and oxygen atoms in total. The van der Waals surface area contributed by atoms with Gasteiger partial charge >= 0.3 is 0 Å². The van der Waals surface area contributed by atoms with E-state index in [1.54, 1.807) is 42.5 Å². The Hall–Kier alpha value is -2.23. The molecular formula is C19H21N3O4S2. The first-order valence-electron chi connectivity index (χ1n) is 9.14. The lowest BCUT2D eigenvalue weighted by molar-refractivity contribution is 0.346. The summed E-state index contributed by atoms with van der Waals surface area (Å²) in [5, 5.41) is 0. The lowest BCUT2D eigenvalue weighted by Gasteiger charge is -2.26. The number of amidine groups is 1. The number of hydrogen-bond donors (Lipinski definition) is 1. The molecule has 0 amide bonds. The molecule has 0 aliphatic carbocycles. The predicted molar refractivity (Wildman–Crippen MR) is 106 cm³/mol. The molecule has 4 rings (SSSR count). The lowest BCUT2D eigenvalue weighted by Crippen LogP contribution is -2.36. The van der Waals surface area contributed by atoms with Crippen LogP contribution in [0.3, 0.4) is 0 Å². The zero-order valence-electron chi connectivity index (χ0n) is 15.2. The molecule has 0 bridgehead atoms. The molecule has 0 unspecified atom stereocenters. The molecule has 9 heteroatoms. The molecule has 0 saturated carbocycles. The lowest BCUT2D eigenvalue weighted by atomic mass is 10.2. The number of benzene rings is 2. The Labute approximate surface area is 165 Å². The molecule has 0 radical (unpaired) electrons. The van der Waals surface area contributed by atoms with Crippen LogP contribution in [0.4, 0.5) is 0 Å². The van der Waals surface area contributed by atoms with Crippen molar-refractivity contribution in [3.63, 3.8) is 0 Å². The first-order chi connectivity index (χ1) is 13.4. The van der Waals surface area contributed by atoms with Crippen LogP contribution in [0.25, 0.3) is 0 Å². The number of rotatable bonds is 4. The summed E-state index contributed by atoms with van der Waals surface area (Å²) in [6.45, 7) is 1.12. The SMILES string of the molecule is O=S1(=O)NC(=NCc2ccccc2S(=O)(=O)N2CCCCC2)c2ccccc21. The van der Waals surface area contributed by atoms with E-state index in [9.17, 15) is 16.8 Å². The fourth-order valence-electron chi connectivity index (χ4n) is 3.55. The van der Waals surface area contributed by atoms with E-state index < -0.39 is 20.0 Å². The Morgan fingerprint density at radius 1 is 0.964 bits per heavy atom. The molecule has 0 spiro atoms. The van der Waals surface area contributed by atoms with Crippen LogP contribution >= 0.6 is 0 Å². The van der Waals surface area contributed by atoms with Crippen LogP contribution in [-0.2, 0) is 26.6 Å². The summed E-state index contributed by atoms with van der Waals surface area (Å²) >= 11 is 0. The summed E-state index contributed by atoms with van der Waals surface area (Å²) in [7, 11) is -7.22. The van der Waals surface area contributed by atoms with Crippen LogP contribution in [-0.4, -0.2) is 40.1 Å². The van der Waals surface area contributed by atoms with Gasteiger partial charge in [-0.05, 0) is 36.6 Å². The van der Waals surface area contributed by atoms with Crippen LogP contribution in [0, 0.1) is 0 Å². The molecule has 2 heterocycles. The average Bonchev–Trinajstić information content (AvgIpc) is 2.98. The van der Waals surface area contributed by atoms with Crippen molar-refractivity contribution in [2.24, 2.45) is 4.99 Å². The summed E-state index contributed by atoms with van der Waals surface area (Å²) in [4.78, 5) is 4.81. The van der Waals surface area contributed by atoms with Crippen molar-refractivity contribution in [2.75, 3.05) is 13.1 Å². The highest BCUT2D eigenvalue weighted by Gasteiger charge is 2.31. The predicted octanol–water partition coefficient (Wildman–Crippen LogP) is 2.10. The summed E-state index contributed by atoms with van der Waals surface area (Å²) in [5.74, 6) is 0.237. The number of nitrogens with one attached hydrogen (secondary N) is 1. The maximum Gasteiger partial charge on any atom is 0.263 e. The quantitative estimate of drug-likeness (QED) is 0.821. The van der Waals surface area contributed by atoms with Crippen LogP contribution in [0.5, 0.6) is 0 Å². The van der Waals surface area contributed by atoms with Gasteiger partial charge in [-0.25, -0.2) is 16.8 Å². The van der Waals surface area contributed by atoms with Crippen molar-refractivity contribution in [3.8, 4) is 0 Å². The maximum absolute atomic E-state index is 13.1. The highest BCUT2D eigenvalue weighted by atomic mass is 32.2. The summed E-state index contributed by atoms with van der Waals surface area (Å²) in [6, 6.07) is 13.4. The Kier molecular flexibility index (Phi) is 4.98. The second kappa shape index (κ2) is 7.31. The van der Waals surface area contributed by atoms with Gasteiger partial charge in [-0.2, -0.15) is 4.31 Å². The van der Waals surface area contributed by atoms with Crippen LogP contribution in [0.1, 0.15) is 30.4 Å². The normalized spacial score (nSPS) is 20.6. The number of fused-ring (bicyclic) bond motifs is 1. The maximum atomic E-state index is 13.1. The molecule has 1 N–H and O–H groups in total. The van der Waals surface area contributed by atoms with Gasteiger partial charge in [-0.3, -0.25) is 9.71 Å². The Morgan fingerprint density at radius 3 is 2.43 bits per heavy atom. The molecule has 1 fully saturated rings. The molecular weight excluding hydrogens is 398 g/mol. The zero-order valence-corrected chi connectivity index (χ0v) is 16.8. The highest BCUT2D eigenvalue weighted by molar-refractivity contribution is 7.90. The van der Waals surface area contributed by atoms with Crippen molar-refractivity contribution in [1.29, 1.82) is 0 Å². The topological polar surface area (TPSA) is 95.9 Å². The molecule has 0 atom stereocenters. The fraction of sp³-hybridized carbons (Fsp3) is 0.316. The van der Waals surface area contributed by atoms with Crippen molar-refractivity contribution < 1.29 is 16.8 Å². The van der Waals surface area contributed by atoms with Crippen molar-refractivity contribution in [1.82, 2.24) is 9.03 Å². The summed E-state index contributed by atoms with van der Waals surface area (Å²) in [5.41, 5.74) is 1.04. The molecule has 1 saturated heterocycles.